The number of unbranched alkanes of at least 4 members (excludes halogenated alkanes) is 1. The monoisotopic (exact) mass is 260 g/mol. The first-order chi connectivity index (χ1) is 6.41. The smallest absolute Gasteiger partial charge is 0.745 e. The van der Waals surface area contributed by atoms with Crippen LogP contribution in [0.2, 0.25) is 0 Å². The molecule has 1 atom stereocenters. The predicted octanol–water partition coefficient (Wildman–Crippen LogP) is -2.22. The number of rotatable bonds is 6. The maximum absolute atomic E-state index is 10.7. The largest absolute Gasteiger partial charge is 1.00 e. The van der Waals surface area contributed by atoms with Crippen LogP contribution in [0.1, 0.15) is 26.2 Å². The molecule has 0 amide bonds. The van der Waals surface area contributed by atoms with E-state index in [-0.39, 0.29) is 57.8 Å². The van der Waals surface area contributed by atoms with Crippen LogP contribution in [0.4, 0.5) is 0 Å². The van der Waals surface area contributed by atoms with Gasteiger partial charge in [-0.2, -0.15) is 0 Å². The van der Waals surface area contributed by atoms with Crippen LogP contribution in [-0.4, -0.2) is 24.4 Å². The predicted molar refractivity (Wildman–Crippen MR) is 49.3 cm³/mol. The van der Waals surface area contributed by atoms with Crippen molar-refractivity contribution in [3.05, 3.63) is 12.7 Å². The van der Waals surface area contributed by atoms with Crippen LogP contribution >= 0.6 is 0 Å². The molecule has 0 aliphatic rings. The summed E-state index contributed by atoms with van der Waals surface area (Å²) >= 11 is 0. The van der Waals surface area contributed by atoms with Gasteiger partial charge in [0.05, 0.1) is 0 Å². The first kappa shape index (κ1) is 18.1. The second kappa shape index (κ2) is 8.86. The van der Waals surface area contributed by atoms with E-state index in [1.807, 2.05) is 6.92 Å². The van der Waals surface area contributed by atoms with E-state index >= 15 is 0 Å². The van der Waals surface area contributed by atoms with E-state index in [0.717, 1.165) is 12.5 Å². The molecule has 82 valence electrons. The molecular formula is C8H13KO5S. The molecule has 5 nitrogen and oxygen atoms in total. The zero-order valence-corrected chi connectivity index (χ0v) is 12.9. The summed E-state index contributed by atoms with van der Waals surface area (Å²) in [7, 11) is -4.58. The second-order valence-corrected chi connectivity index (χ2v) is 4.22. The molecule has 0 bridgehead atoms. The minimum atomic E-state index is -4.58. The summed E-state index contributed by atoms with van der Waals surface area (Å²) in [6.07, 6.45) is 2.08. The van der Waals surface area contributed by atoms with E-state index in [9.17, 15) is 17.8 Å². The van der Waals surface area contributed by atoms with Crippen molar-refractivity contribution in [2.45, 2.75) is 31.6 Å². The molecule has 0 saturated heterocycles. The second-order valence-electron chi connectivity index (χ2n) is 2.71. The summed E-state index contributed by atoms with van der Waals surface area (Å²) in [5.74, 6) is -0.898. The van der Waals surface area contributed by atoms with Gasteiger partial charge < -0.3 is 9.29 Å². The Hall–Kier alpha value is 0.756. The number of ether oxygens (including phenoxy) is 1. The maximum Gasteiger partial charge on any atom is 1.00 e. The van der Waals surface area contributed by atoms with Crippen LogP contribution in [0.25, 0.3) is 0 Å². The van der Waals surface area contributed by atoms with Crippen molar-refractivity contribution < 1.29 is 73.9 Å². The van der Waals surface area contributed by atoms with E-state index in [1.165, 1.54) is 0 Å². The average Bonchev–Trinajstić information content (AvgIpc) is 2.09. The van der Waals surface area contributed by atoms with Crippen LogP contribution in [-0.2, 0) is 19.6 Å². The molecule has 0 saturated carbocycles. The van der Waals surface area contributed by atoms with Gasteiger partial charge in [0.15, 0.2) is 5.44 Å². The Kier molecular flexibility index (Phi) is 10.7. The summed E-state index contributed by atoms with van der Waals surface area (Å²) in [5, 5.41) is 0. The third-order valence-electron chi connectivity index (χ3n) is 1.53. The quantitative estimate of drug-likeness (QED) is 0.234. The molecular weight excluding hydrogens is 247 g/mol. The molecule has 0 spiro atoms. The van der Waals surface area contributed by atoms with Crippen LogP contribution in [0.5, 0.6) is 0 Å². The first-order valence-electron chi connectivity index (χ1n) is 4.19. The molecule has 0 fully saturated rings. The van der Waals surface area contributed by atoms with Crippen molar-refractivity contribution in [3.63, 3.8) is 0 Å². The van der Waals surface area contributed by atoms with Crippen molar-refractivity contribution in [2.24, 2.45) is 0 Å². The fourth-order valence-corrected chi connectivity index (χ4v) is 1.48. The van der Waals surface area contributed by atoms with Gasteiger partial charge >= 0.3 is 57.4 Å². The van der Waals surface area contributed by atoms with Gasteiger partial charge in [-0.15, -0.1) is 0 Å². The fraction of sp³-hybridized carbons (Fsp3) is 0.625. The Balaban J connectivity index is 0. The van der Waals surface area contributed by atoms with E-state index in [2.05, 4.69) is 11.3 Å². The SMILES string of the molecule is C=CC(=O)OC(CCCC)S(=O)(=O)[O-].[K+]. The number of esters is 1. The summed E-state index contributed by atoms with van der Waals surface area (Å²) in [6, 6.07) is 0. The summed E-state index contributed by atoms with van der Waals surface area (Å²) in [4.78, 5) is 10.7. The molecule has 7 heteroatoms. The Morgan fingerprint density at radius 2 is 2.13 bits per heavy atom. The first-order valence-corrected chi connectivity index (χ1v) is 5.66. The number of hydrogen-bond acceptors (Lipinski definition) is 5. The van der Waals surface area contributed by atoms with E-state index < -0.39 is 21.5 Å². The van der Waals surface area contributed by atoms with Gasteiger partial charge in [-0.3, -0.25) is 0 Å². The Morgan fingerprint density at radius 1 is 1.60 bits per heavy atom. The normalized spacial score (nSPS) is 12.4. The van der Waals surface area contributed by atoms with Crippen molar-refractivity contribution in [2.75, 3.05) is 0 Å². The topological polar surface area (TPSA) is 83.5 Å². The van der Waals surface area contributed by atoms with Crippen molar-refractivity contribution in [3.8, 4) is 0 Å². The molecule has 0 aromatic heterocycles. The molecule has 15 heavy (non-hydrogen) atoms. The third kappa shape index (κ3) is 8.55. The number of carbonyl (C=O) groups is 1. The number of hydrogen-bond donors (Lipinski definition) is 0. The van der Waals surface area contributed by atoms with Crippen LogP contribution in [0.15, 0.2) is 12.7 Å². The van der Waals surface area contributed by atoms with E-state index in [1.54, 1.807) is 0 Å². The average molecular weight is 260 g/mol. The fourth-order valence-electron chi connectivity index (χ4n) is 0.811. The van der Waals surface area contributed by atoms with E-state index in [0.29, 0.717) is 6.42 Å². The van der Waals surface area contributed by atoms with Gasteiger partial charge in [-0.05, 0) is 12.8 Å². The molecule has 0 N–H and O–H groups in total. The van der Waals surface area contributed by atoms with Gasteiger partial charge in [0, 0.05) is 6.08 Å². The van der Waals surface area contributed by atoms with Crippen LogP contribution in [0, 0.1) is 0 Å². The van der Waals surface area contributed by atoms with Crippen molar-refractivity contribution in [1.82, 2.24) is 0 Å². The summed E-state index contributed by atoms with van der Waals surface area (Å²) in [6.45, 7) is 4.94. The zero-order valence-electron chi connectivity index (χ0n) is 8.93. The van der Waals surface area contributed by atoms with E-state index in [4.69, 9.17) is 0 Å². The molecule has 0 aliphatic carbocycles. The standard InChI is InChI=1S/C8H14O5S.K/c1-3-5-6-8(14(10,11)12)13-7(9)4-2;/h4,8H,2-3,5-6H2,1H3,(H,10,11,12);/q;+1/p-1. The van der Waals surface area contributed by atoms with Gasteiger partial charge in [0.25, 0.3) is 0 Å². The Bertz CT molecular complexity index is 298. The molecule has 0 aliphatic heterocycles. The molecule has 0 aromatic carbocycles. The molecule has 0 rings (SSSR count). The van der Waals surface area contributed by atoms with Crippen LogP contribution < -0.4 is 51.4 Å². The number of carbonyl (C=O) groups excluding carboxylic acids is 1. The van der Waals surface area contributed by atoms with Crippen LogP contribution in [0.3, 0.4) is 0 Å². The maximum atomic E-state index is 10.7. The summed E-state index contributed by atoms with van der Waals surface area (Å²) < 4.78 is 36.3. The van der Waals surface area contributed by atoms with Gasteiger partial charge in [0.2, 0.25) is 0 Å². The Labute approximate surface area is 132 Å². The van der Waals surface area contributed by atoms with Gasteiger partial charge in [-0.25, -0.2) is 13.2 Å². The van der Waals surface area contributed by atoms with Crippen molar-refractivity contribution >= 4 is 16.1 Å². The minimum Gasteiger partial charge on any atom is -0.745 e. The molecule has 1 unspecified atom stereocenters. The zero-order chi connectivity index (χ0) is 11.2. The summed E-state index contributed by atoms with van der Waals surface area (Å²) in [5.41, 5.74) is -1.59. The van der Waals surface area contributed by atoms with Gasteiger partial charge in [-0.1, -0.05) is 19.9 Å². The molecule has 0 heterocycles. The molecule has 0 radical (unpaired) electrons. The van der Waals surface area contributed by atoms with Gasteiger partial charge in [0.1, 0.15) is 10.1 Å². The molecule has 0 aromatic rings. The Morgan fingerprint density at radius 3 is 2.47 bits per heavy atom. The minimum absolute atomic E-state index is 0. The van der Waals surface area contributed by atoms with Crippen molar-refractivity contribution in [1.29, 1.82) is 0 Å². The third-order valence-corrected chi connectivity index (χ3v) is 2.51.